The highest BCUT2D eigenvalue weighted by atomic mass is 16.5. The molecule has 0 aliphatic rings. The summed E-state index contributed by atoms with van der Waals surface area (Å²) in [6.45, 7) is 7.47. The average molecular weight is 276 g/mol. The Hall–Kier alpha value is -1.57. The summed E-state index contributed by atoms with van der Waals surface area (Å²) in [6, 6.07) is 7.61. The van der Waals surface area contributed by atoms with Crippen molar-refractivity contribution in [2.24, 2.45) is 5.92 Å². The molecule has 0 aromatic heterocycles. The summed E-state index contributed by atoms with van der Waals surface area (Å²) in [5, 5.41) is 12.3. The normalized spacial score (nSPS) is 10.6. The van der Waals surface area contributed by atoms with Crippen molar-refractivity contribution in [2.75, 3.05) is 26.9 Å². The fourth-order valence-corrected chi connectivity index (χ4v) is 1.83. The predicted molar refractivity (Wildman–Crippen MR) is 79.7 cm³/mol. The lowest BCUT2D eigenvalue weighted by atomic mass is 10.1. The third kappa shape index (κ3) is 6.05. The van der Waals surface area contributed by atoms with Gasteiger partial charge in [0.15, 0.2) is 0 Å². The van der Waals surface area contributed by atoms with Crippen LogP contribution in [0.25, 0.3) is 0 Å². The molecule has 0 fully saturated rings. The molecule has 0 aliphatic carbocycles. The Kier molecular flexibility index (Phi) is 7.71. The highest BCUT2D eigenvalue weighted by Crippen LogP contribution is 2.19. The molecule has 1 aromatic carbocycles. The van der Waals surface area contributed by atoms with Gasteiger partial charge < -0.3 is 14.8 Å². The number of rotatable bonds is 9. The smallest absolute Gasteiger partial charge is 0.123 e. The first kappa shape index (κ1) is 16.5. The lowest BCUT2D eigenvalue weighted by molar-refractivity contribution is 0.108. The van der Waals surface area contributed by atoms with Crippen LogP contribution in [0.2, 0.25) is 0 Å². The molecule has 0 bridgehead atoms. The van der Waals surface area contributed by atoms with Crippen molar-refractivity contribution in [1.82, 2.24) is 5.32 Å². The third-order valence-electron chi connectivity index (χ3n) is 2.82. The van der Waals surface area contributed by atoms with E-state index in [0.717, 1.165) is 37.5 Å². The Morgan fingerprint density at radius 2 is 2.15 bits per heavy atom. The average Bonchev–Trinajstić information content (AvgIpc) is 2.45. The van der Waals surface area contributed by atoms with Crippen molar-refractivity contribution in [3.05, 3.63) is 29.3 Å². The zero-order valence-corrected chi connectivity index (χ0v) is 12.6. The molecule has 0 spiro atoms. The summed E-state index contributed by atoms with van der Waals surface area (Å²) in [5.41, 5.74) is 1.66. The number of nitrogens with one attached hydrogen (secondary N) is 1. The van der Waals surface area contributed by atoms with Gasteiger partial charge in [0.05, 0.1) is 18.7 Å². The van der Waals surface area contributed by atoms with E-state index in [2.05, 4.69) is 25.2 Å². The first-order chi connectivity index (χ1) is 9.67. The van der Waals surface area contributed by atoms with Gasteiger partial charge in [0.1, 0.15) is 5.75 Å². The van der Waals surface area contributed by atoms with Crippen molar-refractivity contribution in [1.29, 1.82) is 5.26 Å². The van der Waals surface area contributed by atoms with Crippen molar-refractivity contribution in [3.8, 4) is 11.8 Å². The Bertz CT molecular complexity index is 439. The summed E-state index contributed by atoms with van der Waals surface area (Å²) in [4.78, 5) is 0. The molecule has 0 saturated heterocycles. The van der Waals surface area contributed by atoms with Gasteiger partial charge in [0.25, 0.3) is 0 Å². The minimum atomic E-state index is 0.584. The van der Waals surface area contributed by atoms with Crippen molar-refractivity contribution in [3.63, 3.8) is 0 Å². The van der Waals surface area contributed by atoms with E-state index in [4.69, 9.17) is 14.7 Å². The van der Waals surface area contributed by atoms with Crippen LogP contribution in [-0.2, 0) is 11.3 Å². The fourth-order valence-electron chi connectivity index (χ4n) is 1.83. The maximum atomic E-state index is 8.91. The molecule has 1 aromatic rings. The summed E-state index contributed by atoms with van der Waals surface area (Å²) in [6.07, 6.45) is 0.979. The highest BCUT2D eigenvalue weighted by Gasteiger charge is 2.04. The summed E-state index contributed by atoms with van der Waals surface area (Å²) in [7, 11) is 1.64. The van der Waals surface area contributed by atoms with Gasteiger partial charge in [-0.2, -0.15) is 5.26 Å². The van der Waals surface area contributed by atoms with Crippen LogP contribution in [0.3, 0.4) is 0 Å². The van der Waals surface area contributed by atoms with Crippen molar-refractivity contribution >= 4 is 0 Å². The molecular weight excluding hydrogens is 252 g/mol. The van der Waals surface area contributed by atoms with Gasteiger partial charge in [0, 0.05) is 25.3 Å². The lowest BCUT2D eigenvalue weighted by Crippen LogP contribution is -2.17. The van der Waals surface area contributed by atoms with E-state index >= 15 is 0 Å². The monoisotopic (exact) mass is 276 g/mol. The molecule has 0 radical (unpaired) electrons. The molecule has 0 atom stereocenters. The number of hydrogen-bond donors (Lipinski definition) is 1. The van der Waals surface area contributed by atoms with Crippen molar-refractivity contribution in [2.45, 2.75) is 26.8 Å². The number of nitriles is 1. The Morgan fingerprint density at radius 1 is 1.35 bits per heavy atom. The van der Waals surface area contributed by atoms with Crippen LogP contribution >= 0.6 is 0 Å². The van der Waals surface area contributed by atoms with E-state index in [0.29, 0.717) is 18.0 Å². The molecule has 1 N–H and O–H groups in total. The minimum Gasteiger partial charge on any atom is -0.496 e. The van der Waals surface area contributed by atoms with Crippen LogP contribution in [0, 0.1) is 17.2 Å². The molecule has 110 valence electrons. The van der Waals surface area contributed by atoms with E-state index in [1.807, 2.05) is 12.1 Å². The van der Waals surface area contributed by atoms with Crippen LogP contribution < -0.4 is 10.1 Å². The van der Waals surface area contributed by atoms with Gasteiger partial charge in [-0.3, -0.25) is 0 Å². The van der Waals surface area contributed by atoms with E-state index in [1.165, 1.54) is 0 Å². The van der Waals surface area contributed by atoms with Gasteiger partial charge in [0.2, 0.25) is 0 Å². The molecule has 4 heteroatoms. The number of methoxy groups -OCH3 is 1. The van der Waals surface area contributed by atoms with E-state index in [1.54, 1.807) is 13.2 Å². The van der Waals surface area contributed by atoms with Crippen LogP contribution in [0.4, 0.5) is 0 Å². The molecule has 0 amide bonds. The van der Waals surface area contributed by atoms with Crippen LogP contribution in [-0.4, -0.2) is 26.9 Å². The SMILES string of the molecule is COc1ccc(C#N)cc1CNCCCOCC(C)C. The summed E-state index contributed by atoms with van der Waals surface area (Å²) in [5.74, 6) is 1.40. The second kappa shape index (κ2) is 9.35. The van der Waals surface area contributed by atoms with Crippen LogP contribution in [0.1, 0.15) is 31.4 Å². The zero-order valence-electron chi connectivity index (χ0n) is 12.6. The number of hydrogen-bond acceptors (Lipinski definition) is 4. The quantitative estimate of drug-likeness (QED) is 0.705. The fraction of sp³-hybridized carbons (Fsp3) is 0.562. The molecule has 0 saturated carbocycles. The van der Waals surface area contributed by atoms with Crippen LogP contribution in [0.15, 0.2) is 18.2 Å². The highest BCUT2D eigenvalue weighted by molar-refractivity contribution is 5.41. The van der Waals surface area contributed by atoms with Gasteiger partial charge in [-0.15, -0.1) is 0 Å². The Morgan fingerprint density at radius 3 is 2.80 bits per heavy atom. The second-order valence-electron chi connectivity index (χ2n) is 5.14. The minimum absolute atomic E-state index is 0.584. The molecule has 0 heterocycles. The largest absolute Gasteiger partial charge is 0.496 e. The van der Waals surface area contributed by atoms with Gasteiger partial charge >= 0.3 is 0 Å². The lowest BCUT2D eigenvalue weighted by Gasteiger charge is -2.10. The summed E-state index contributed by atoms with van der Waals surface area (Å²) < 4.78 is 10.8. The topological polar surface area (TPSA) is 54.3 Å². The van der Waals surface area contributed by atoms with E-state index in [9.17, 15) is 0 Å². The number of nitrogens with zero attached hydrogens (tertiary/aromatic N) is 1. The number of benzene rings is 1. The predicted octanol–water partition coefficient (Wildman–Crippen LogP) is 2.72. The van der Waals surface area contributed by atoms with Crippen LogP contribution in [0.5, 0.6) is 5.75 Å². The van der Waals surface area contributed by atoms with Gasteiger partial charge in [-0.25, -0.2) is 0 Å². The van der Waals surface area contributed by atoms with E-state index < -0.39 is 0 Å². The molecule has 20 heavy (non-hydrogen) atoms. The first-order valence-electron chi connectivity index (χ1n) is 7.02. The van der Waals surface area contributed by atoms with Crippen molar-refractivity contribution < 1.29 is 9.47 Å². The maximum Gasteiger partial charge on any atom is 0.123 e. The summed E-state index contributed by atoms with van der Waals surface area (Å²) >= 11 is 0. The molecular formula is C16H24N2O2. The molecule has 1 rings (SSSR count). The standard InChI is InChI=1S/C16H24N2O2/c1-13(2)12-20-8-4-7-18-11-15-9-14(10-17)5-6-16(15)19-3/h5-6,9,13,18H,4,7-8,11-12H2,1-3H3. The molecule has 0 aliphatic heterocycles. The second-order valence-corrected chi connectivity index (χ2v) is 5.14. The Labute approximate surface area is 121 Å². The Balaban J connectivity index is 2.29. The number of ether oxygens (including phenoxy) is 2. The van der Waals surface area contributed by atoms with Gasteiger partial charge in [-0.1, -0.05) is 13.8 Å². The molecule has 0 unspecified atom stereocenters. The third-order valence-corrected chi connectivity index (χ3v) is 2.82. The first-order valence-corrected chi connectivity index (χ1v) is 7.02. The van der Waals surface area contributed by atoms with Gasteiger partial charge in [-0.05, 0) is 37.1 Å². The maximum absolute atomic E-state index is 8.91. The molecule has 4 nitrogen and oxygen atoms in total. The zero-order chi connectivity index (χ0) is 14.8. The van der Waals surface area contributed by atoms with E-state index in [-0.39, 0.29) is 0 Å².